The van der Waals surface area contributed by atoms with E-state index in [1.165, 1.54) is 38.4 Å². The Morgan fingerprint density at radius 2 is 1.31 bits per heavy atom. The lowest BCUT2D eigenvalue weighted by Gasteiger charge is -2.21. The lowest BCUT2D eigenvalue weighted by Crippen LogP contribution is -2.41. The van der Waals surface area contributed by atoms with Crippen LogP contribution < -0.4 is 19.9 Å². The summed E-state index contributed by atoms with van der Waals surface area (Å²) in [5.41, 5.74) is 6.64. The van der Waals surface area contributed by atoms with Crippen molar-refractivity contribution in [1.82, 2.24) is 10.9 Å². The first kappa shape index (κ1) is 22.8. The zero-order valence-corrected chi connectivity index (χ0v) is 18.6. The van der Waals surface area contributed by atoms with Crippen LogP contribution in [0, 0.1) is 6.92 Å². The summed E-state index contributed by atoms with van der Waals surface area (Å²) in [6.45, 7) is 1.90. The van der Waals surface area contributed by atoms with Crippen LogP contribution in [0.4, 0.5) is 5.69 Å². The van der Waals surface area contributed by atoms with Crippen molar-refractivity contribution >= 4 is 27.5 Å². The van der Waals surface area contributed by atoms with E-state index in [1.54, 1.807) is 48.5 Å². The molecule has 3 aromatic rings. The number of nitrogens with zero attached hydrogens (tertiary/aromatic N) is 1. The summed E-state index contributed by atoms with van der Waals surface area (Å²) in [6, 6.07) is 19.0. The number of sulfonamides is 1. The van der Waals surface area contributed by atoms with Gasteiger partial charge in [0.1, 0.15) is 5.75 Å². The molecule has 0 fully saturated rings. The SMILES string of the molecule is COc1ccccc1N(C)S(=O)(=O)c1ccc(C(=O)NNC(=O)c2ccc(C)cc2)cc1. The molecule has 32 heavy (non-hydrogen) atoms. The lowest BCUT2D eigenvalue weighted by atomic mass is 10.1. The summed E-state index contributed by atoms with van der Waals surface area (Å²) in [5.74, 6) is -0.623. The molecule has 0 radical (unpaired) electrons. The highest BCUT2D eigenvalue weighted by atomic mass is 32.2. The molecule has 0 atom stereocenters. The Morgan fingerprint density at radius 1 is 0.812 bits per heavy atom. The van der Waals surface area contributed by atoms with Gasteiger partial charge >= 0.3 is 0 Å². The van der Waals surface area contributed by atoms with Gasteiger partial charge in [-0.3, -0.25) is 24.7 Å². The number of carbonyl (C=O) groups excluding carboxylic acids is 2. The highest BCUT2D eigenvalue weighted by Crippen LogP contribution is 2.30. The van der Waals surface area contributed by atoms with Crippen molar-refractivity contribution in [1.29, 1.82) is 0 Å². The van der Waals surface area contributed by atoms with Crippen molar-refractivity contribution in [2.24, 2.45) is 0 Å². The molecular formula is C23H23N3O5S. The topological polar surface area (TPSA) is 105 Å². The van der Waals surface area contributed by atoms with Crippen LogP contribution in [0.3, 0.4) is 0 Å². The molecule has 0 unspecified atom stereocenters. The van der Waals surface area contributed by atoms with Crippen LogP contribution in [0.5, 0.6) is 5.75 Å². The molecule has 0 aliphatic carbocycles. The van der Waals surface area contributed by atoms with E-state index in [0.29, 0.717) is 17.0 Å². The fourth-order valence-electron chi connectivity index (χ4n) is 2.92. The largest absolute Gasteiger partial charge is 0.495 e. The molecule has 0 aromatic heterocycles. The number of hydrogen-bond donors (Lipinski definition) is 2. The average Bonchev–Trinajstić information content (AvgIpc) is 2.82. The van der Waals surface area contributed by atoms with E-state index in [4.69, 9.17) is 4.74 Å². The van der Waals surface area contributed by atoms with Crippen LogP contribution in [0.25, 0.3) is 0 Å². The van der Waals surface area contributed by atoms with Crippen LogP contribution in [0.1, 0.15) is 26.3 Å². The Hall–Kier alpha value is -3.85. The molecule has 0 aliphatic rings. The third-order valence-corrected chi connectivity index (χ3v) is 6.59. The third-order valence-electron chi connectivity index (χ3n) is 4.80. The van der Waals surface area contributed by atoms with Gasteiger partial charge in [-0.25, -0.2) is 8.42 Å². The predicted molar refractivity (Wildman–Crippen MR) is 121 cm³/mol. The number of hydrazine groups is 1. The predicted octanol–water partition coefficient (Wildman–Crippen LogP) is 2.90. The zero-order valence-electron chi connectivity index (χ0n) is 17.8. The van der Waals surface area contributed by atoms with E-state index >= 15 is 0 Å². The molecule has 8 nitrogen and oxygen atoms in total. The summed E-state index contributed by atoms with van der Waals surface area (Å²) in [5, 5.41) is 0. The quantitative estimate of drug-likeness (QED) is 0.559. The standard InChI is InChI=1S/C23H23N3O5S/c1-16-8-10-17(11-9-16)22(27)24-25-23(28)18-12-14-19(15-13-18)32(29,30)26(2)20-6-4-5-7-21(20)31-3/h4-15H,1-3H3,(H,24,27)(H,25,28). The number of ether oxygens (including phenoxy) is 1. The van der Waals surface area contributed by atoms with Crippen molar-refractivity contribution in [3.8, 4) is 5.75 Å². The van der Waals surface area contributed by atoms with E-state index in [9.17, 15) is 18.0 Å². The van der Waals surface area contributed by atoms with Gasteiger partial charge in [-0.05, 0) is 55.5 Å². The first-order valence-corrected chi connectivity index (χ1v) is 11.1. The molecule has 0 saturated heterocycles. The third kappa shape index (κ3) is 4.89. The lowest BCUT2D eigenvalue weighted by molar-refractivity contribution is 0.0846. The Bertz CT molecular complexity index is 1220. The van der Waals surface area contributed by atoms with E-state index in [2.05, 4.69) is 10.9 Å². The Kier molecular flexibility index (Phi) is 6.79. The molecule has 166 valence electrons. The molecule has 9 heteroatoms. The zero-order chi connectivity index (χ0) is 23.3. The summed E-state index contributed by atoms with van der Waals surface area (Å²) < 4.78 is 32.3. The van der Waals surface area contributed by atoms with Gasteiger partial charge in [-0.15, -0.1) is 0 Å². The Labute approximate surface area is 186 Å². The molecule has 3 rings (SSSR count). The molecule has 0 saturated carbocycles. The number of para-hydroxylation sites is 2. The number of amides is 2. The van der Waals surface area contributed by atoms with E-state index in [-0.39, 0.29) is 10.5 Å². The van der Waals surface area contributed by atoms with E-state index in [0.717, 1.165) is 9.87 Å². The average molecular weight is 454 g/mol. The van der Waals surface area contributed by atoms with Crippen molar-refractivity contribution in [3.63, 3.8) is 0 Å². The molecule has 2 N–H and O–H groups in total. The molecule has 0 aliphatic heterocycles. The fourth-order valence-corrected chi connectivity index (χ4v) is 4.12. The van der Waals surface area contributed by atoms with Crippen LogP contribution in [-0.4, -0.2) is 34.4 Å². The maximum atomic E-state index is 13.0. The number of carbonyl (C=O) groups is 2. The van der Waals surface area contributed by atoms with Crippen molar-refractivity contribution in [2.45, 2.75) is 11.8 Å². The monoisotopic (exact) mass is 453 g/mol. The highest BCUT2D eigenvalue weighted by molar-refractivity contribution is 7.92. The first-order chi connectivity index (χ1) is 15.2. The van der Waals surface area contributed by atoms with Gasteiger partial charge in [0.05, 0.1) is 17.7 Å². The number of nitrogens with one attached hydrogen (secondary N) is 2. The maximum absolute atomic E-state index is 13.0. The summed E-state index contributed by atoms with van der Waals surface area (Å²) in [7, 11) is -0.993. The number of hydrogen-bond acceptors (Lipinski definition) is 5. The minimum atomic E-state index is -3.88. The minimum absolute atomic E-state index is 0.00569. The first-order valence-electron chi connectivity index (χ1n) is 9.63. The van der Waals surface area contributed by atoms with Gasteiger partial charge in [-0.1, -0.05) is 29.8 Å². The number of aryl methyl sites for hydroxylation is 1. The molecule has 2 amide bonds. The van der Waals surface area contributed by atoms with Gasteiger partial charge < -0.3 is 4.74 Å². The van der Waals surface area contributed by atoms with Crippen LogP contribution in [0.15, 0.2) is 77.7 Å². The maximum Gasteiger partial charge on any atom is 0.269 e. The smallest absolute Gasteiger partial charge is 0.269 e. The fraction of sp³-hybridized carbons (Fsp3) is 0.130. The van der Waals surface area contributed by atoms with Crippen LogP contribution >= 0.6 is 0 Å². The summed E-state index contributed by atoms with van der Waals surface area (Å²) in [4.78, 5) is 24.5. The molecule has 0 heterocycles. The molecule has 0 spiro atoms. The second kappa shape index (κ2) is 9.52. The number of rotatable bonds is 6. The van der Waals surface area contributed by atoms with Gasteiger partial charge in [0, 0.05) is 18.2 Å². The Morgan fingerprint density at radius 3 is 1.84 bits per heavy atom. The molecule has 0 bridgehead atoms. The molecular weight excluding hydrogens is 430 g/mol. The minimum Gasteiger partial charge on any atom is -0.495 e. The number of methoxy groups -OCH3 is 1. The highest BCUT2D eigenvalue weighted by Gasteiger charge is 2.24. The molecule has 3 aromatic carbocycles. The van der Waals surface area contributed by atoms with E-state index in [1.807, 2.05) is 6.92 Å². The Balaban J connectivity index is 1.70. The second-order valence-electron chi connectivity index (χ2n) is 6.94. The summed E-state index contributed by atoms with van der Waals surface area (Å²) >= 11 is 0. The van der Waals surface area contributed by atoms with E-state index < -0.39 is 21.8 Å². The van der Waals surface area contributed by atoms with Gasteiger partial charge in [0.2, 0.25) is 0 Å². The van der Waals surface area contributed by atoms with Crippen molar-refractivity contribution in [3.05, 3.63) is 89.5 Å². The van der Waals surface area contributed by atoms with Gasteiger partial charge in [0.25, 0.3) is 21.8 Å². The normalized spacial score (nSPS) is 10.8. The number of benzene rings is 3. The van der Waals surface area contributed by atoms with Crippen molar-refractivity contribution < 1.29 is 22.7 Å². The van der Waals surface area contributed by atoms with Crippen LogP contribution in [0.2, 0.25) is 0 Å². The van der Waals surface area contributed by atoms with Gasteiger partial charge in [0.15, 0.2) is 0 Å². The second-order valence-corrected chi connectivity index (χ2v) is 8.91. The number of anilines is 1. The van der Waals surface area contributed by atoms with Crippen LogP contribution in [-0.2, 0) is 10.0 Å². The summed E-state index contributed by atoms with van der Waals surface area (Å²) in [6.07, 6.45) is 0. The van der Waals surface area contributed by atoms with Gasteiger partial charge in [-0.2, -0.15) is 0 Å². The van der Waals surface area contributed by atoms with Crippen molar-refractivity contribution in [2.75, 3.05) is 18.5 Å².